The maximum atomic E-state index is 11.4. The van der Waals surface area contributed by atoms with Gasteiger partial charge in [0.1, 0.15) is 0 Å². The van der Waals surface area contributed by atoms with Crippen LogP contribution in [0.25, 0.3) is 0 Å². The maximum Gasteiger partial charge on any atom is 0.337 e. The van der Waals surface area contributed by atoms with Crippen molar-refractivity contribution in [1.82, 2.24) is 0 Å². The van der Waals surface area contributed by atoms with E-state index in [9.17, 15) is 9.90 Å². The van der Waals surface area contributed by atoms with E-state index >= 15 is 0 Å². The minimum absolute atomic E-state index is 0.413. The Morgan fingerprint density at radius 3 is 2.35 bits per heavy atom. The van der Waals surface area contributed by atoms with Crippen LogP contribution in [0.15, 0.2) is 52.6 Å². The van der Waals surface area contributed by atoms with E-state index in [4.69, 9.17) is 11.8 Å². The highest BCUT2D eigenvalue weighted by Gasteiger charge is 2.34. The van der Waals surface area contributed by atoms with Crippen LogP contribution >= 0.6 is 6.04 Å². The second kappa shape index (κ2) is 4.25. The summed E-state index contributed by atoms with van der Waals surface area (Å²) in [6.45, 7) is 3.77. The van der Waals surface area contributed by atoms with Gasteiger partial charge in [0.05, 0.1) is 5.31 Å². The molecular formula is C13H13O2PS. The van der Waals surface area contributed by atoms with Gasteiger partial charge in [0, 0.05) is 6.04 Å². The fourth-order valence-corrected chi connectivity index (χ4v) is 6.36. The molecule has 1 atom stereocenters. The Bertz CT molecular complexity index is 585. The minimum atomic E-state index is -2.25. The zero-order valence-corrected chi connectivity index (χ0v) is 11.4. The predicted octanol–water partition coefficient (Wildman–Crippen LogP) is 3.07. The average molecular weight is 264 g/mol. The van der Waals surface area contributed by atoms with Crippen LogP contribution in [0.1, 0.15) is 13.8 Å². The van der Waals surface area contributed by atoms with E-state index in [1.807, 2.05) is 50.0 Å². The molecule has 1 N–H and O–H groups in total. The Hall–Kier alpha value is -1.18. The van der Waals surface area contributed by atoms with E-state index in [2.05, 4.69) is 0 Å². The summed E-state index contributed by atoms with van der Waals surface area (Å²) in [5.41, 5.74) is 1.82. The Balaban J connectivity index is 2.68. The smallest absolute Gasteiger partial charge is 0.337 e. The lowest BCUT2D eigenvalue weighted by Crippen LogP contribution is -2.09. The second-order valence-electron chi connectivity index (χ2n) is 4.08. The molecule has 0 amide bonds. The third-order valence-corrected chi connectivity index (χ3v) is 7.50. The van der Waals surface area contributed by atoms with Crippen molar-refractivity contribution in [2.45, 2.75) is 13.8 Å². The number of allylic oxidation sites excluding steroid dienone is 2. The quantitative estimate of drug-likeness (QED) is 0.834. The number of carboxylic acid groups (broad SMARTS) is 1. The molecular weight excluding hydrogens is 251 g/mol. The van der Waals surface area contributed by atoms with Crippen LogP contribution in [0.4, 0.5) is 0 Å². The van der Waals surface area contributed by atoms with Crippen molar-refractivity contribution in [3.8, 4) is 0 Å². The minimum Gasteiger partial charge on any atom is -0.478 e. The molecule has 0 radical (unpaired) electrons. The zero-order chi connectivity index (χ0) is 12.6. The number of rotatable bonds is 2. The molecule has 0 spiro atoms. The summed E-state index contributed by atoms with van der Waals surface area (Å²) in [5.74, 6) is 1.08. The van der Waals surface area contributed by atoms with Gasteiger partial charge in [0.15, 0.2) is 0 Å². The fourth-order valence-electron chi connectivity index (χ4n) is 2.03. The van der Waals surface area contributed by atoms with Crippen LogP contribution in [-0.4, -0.2) is 11.1 Å². The summed E-state index contributed by atoms with van der Waals surface area (Å²) in [6.07, 6.45) is 0. The molecule has 0 bridgehead atoms. The summed E-state index contributed by atoms with van der Waals surface area (Å²) in [5, 5.41) is 10.7. The first-order valence-corrected chi connectivity index (χ1v) is 8.14. The molecule has 1 aromatic rings. The summed E-state index contributed by atoms with van der Waals surface area (Å²) in [6, 6.07) is 7.31. The van der Waals surface area contributed by atoms with Crippen LogP contribution in [0, 0.1) is 0 Å². The number of carbonyl (C=O) groups is 1. The molecule has 17 heavy (non-hydrogen) atoms. The van der Waals surface area contributed by atoms with Crippen LogP contribution in [0.5, 0.6) is 0 Å². The Kier molecular flexibility index (Phi) is 3.07. The van der Waals surface area contributed by atoms with Gasteiger partial charge in [-0.25, -0.2) is 4.79 Å². The van der Waals surface area contributed by atoms with Gasteiger partial charge in [-0.3, -0.25) is 0 Å². The fraction of sp³-hybridized carbons (Fsp3) is 0.154. The third kappa shape index (κ3) is 1.90. The molecule has 0 saturated heterocycles. The molecule has 0 aliphatic carbocycles. The van der Waals surface area contributed by atoms with Gasteiger partial charge in [0.2, 0.25) is 0 Å². The number of hydrogen-bond donors (Lipinski definition) is 1. The van der Waals surface area contributed by atoms with E-state index in [1.54, 1.807) is 0 Å². The van der Waals surface area contributed by atoms with Crippen molar-refractivity contribution in [2.75, 3.05) is 0 Å². The number of hydrogen-bond acceptors (Lipinski definition) is 2. The largest absolute Gasteiger partial charge is 0.478 e. The summed E-state index contributed by atoms with van der Waals surface area (Å²) >= 11 is 5.68. The SMILES string of the molecule is CC1=CP(=S)(c2ccccc2)C(C(=O)O)=C1C. The molecule has 1 aromatic carbocycles. The third-order valence-electron chi connectivity index (χ3n) is 3.00. The van der Waals surface area contributed by atoms with E-state index in [-0.39, 0.29) is 0 Å². The molecule has 0 saturated carbocycles. The number of benzene rings is 1. The van der Waals surface area contributed by atoms with Gasteiger partial charge in [-0.15, -0.1) is 0 Å². The monoisotopic (exact) mass is 264 g/mol. The average Bonchev–Trinajstić information content (AvgIpc) is 2.52. The van der Waals surface area contributed by atoms with E-state index in [0.29, 0.717) is 5.31 Å². The van der Waals surface area contributed by atoms with E-state index in [0.717, 1.165) is 16.5 Å². The number of aliphatic carboxylic acids is 1. The van der Waals surface area contributed by atoms with Crippen molar-refractivity contribution >= 4 is 29.1 Å². The molecule has 0 aromatic heterocycles. The van der Waals surface area contributed by atoms with Crippen LogP contribution in [0.2, 0.25) is 0 Å². The standard InChI is InChI=1S/C13H13O2PS/c1-9-8-16(17,11-6-4-3-5-7-11)12(10(9)2)13(14)15/h3-8H,1-2H3,(H,14,15). The highest BCUT2D eigenvalue weighted by atomic mass is 32.4. The molecule has 1 aliphatic heterocycles. The zero-order valence-electron chi connectivity index (χ0n) is 9.68. The van der Waals surface area contributed by atoms with Gasteiger partial charge in [-0.2, -0.15) is 0 Å². The lowest BCUT2D eigenvalue weighted by Gasteiger charge is -2.16. The van der Waals surface area contributed by atoms with Crippen molar-refractivity contribution in [1.29, 1.82) is 0 Å². The molecule has 4 heteroatoms. The van der Waals surface area contributed by atoms with Gasteiger partial charge in [0.25, 0.3) is 0 Å². The first-order valence-electron chi connectivity index (χ1n) is 5.27. The maximum absolute atomic E-state index is 11.4. The number of carboxylic acids is 1. The lowest BCUT2D eigenvalue weighted by atomic mass is 10.1. The highest BCUT2D eigenvalue weighted by molar-refractivity contribution is 8.22. The predicted molar refractivity (Wildman–Crippen MR) is 74.5 cm³/mol. The van der Waals surface area contributed by atoms with Gasteiger partial charge < -0.3 is 5.11 Å². The molecule has 0 fully saturated rings. The molecule has 2 rings (SSSR count). The van der Waals surface area contributed by atoms with Crippen molar-refractivity contribution < 1.29 is 9.90 Å². The molecule has 88 valence electrons. The summed E-state index contributed by atoms with van der Waals surface area (Å²) in [4.78, 5) is 11.4. The van der Waals surface area contributed by atoms with Crippen LogP contribution < -0.4 is 5.30 Å². The van der Waals surface area contributed by atoms with Gasteiger partial charge >= 0.3 is 5.97 Å². The molecule has 2 nitrogen and oxygen atoms in total. The highest BCUT2D eigenvalue weighted by Crippen LogP contribution is 2.61. The van der Waals surface area contributed by atoms with Crippen LogP contribution in [-0.2, 0) is 16.6 Å². The Labute approximate surface area is 106 Å². The normalized spacial score (nSPS) is 23.8. The topological polar surface area (TPSA) is 37.3 Å². The first-order chi connectivity index (χ1) is 7.97. The Morgan fingerprint density at radius 1 is 1.24 bits per heavy atom. The van der Waals surface area contributed by atoms with Crippen molar-refractivity contribution in [3.05, 3.63) is 52.6 Å². The van der Waals surface area contributed by atoms with Crippen LogP contribution in [0.3, 0.4) is 0 Å². The van der Waals surface area contributed by atoms with E-state index < -0.39 is 12.0 Å². The van der Waals surface area contributed by atoms with Gasteiger partial charge in [-0.1, -0.05) is 42.1 Å². The molecule has 1 heterocycles. The van der Waals surface area contributed by atoms with Crippen molar-refractivity contribution in [3.63, 3.8) is 0 Å². The molecule has 1 unspecified atom stereocenters. The Morgan fingerprint density at radius 2 is 1.82 bits per heavy atom. The van der Waals surface area contributed by atoms with E-state index in [1.165, 1.54) is 0 Å². The van der Waals surface area contributed by atoms with Gasteiger partial charge in [-0.05, 0) is 36.1 Å². The first kappa shape index (κ1) is 12.3. The van der Waals surface area contributed by atoms with Crippen molar-refractivity contribution in [2.24, 2.45) is 0 Å². The lowest BCUT2D eigenvalue weighted by molar-refractivity contribution is -0.131. The molecule has 1 aliphatic rings. The summed E-state index contributed by atoms with van der Waals surface area (Å²) < 4.78 is 0. The summed E-state index contributed by atoms with van der Waals surface area (Å²) in [7, 11) is 0. The second-order valence-corrected chi connectivity index (χ2v) is 8.35.